The fourth-order valence-electron chi connectivity index (χ4n) is 0.987. The summed E-state index contributed by atoms with van der Waals surface area (Å²) in [5.74, 6) is 0.524. The van der Waals surface area contributed by atoms with E-state index in [0.717, 1.165) is 7.14 Å². The molecule has 0 saturated carbocycles. The molecule has 0 radical (unpaired) electrons. The molecule has 1 aromatic rings. The van der Waals surface area contributed by atoms with Crippen molar-refractivity contribution in [3.8, 4) is 5.75 Å². The third-order valence-electron chi connectivity index (χ3n) is 1.52. The van der Waals surface area contributed by atoms with Crippen molar-refractivity contribution in [2.24, 2.45) is 0 Å². The summed E-state index contributed by atoms with van der Waals surface area (Å²) in [6.45, 7) is 0. The molecule has 2 N–H and O–H groups in total. The van der Waals surface area contributed by atoms with Crippen molar-refractivity contribution in [1.29, 1.82) is 0 Å². The lowest BCUT2D eigenvalue weighted by Gasteiger charge is -2.10. The van der Waals surface area contributed by atoms with E-state index in [2.05, 4.69) is 45.2 Å². The molecular weight excluding hydrogens is 397 g/mol. The van der Waals surface area contributed by atoms with Crippen LogP contribution in [0, 0.1) is 7.14 Å². The minimum Gasteiger partial charge on any atom is -0.496 e. The van der Waals surface area contributed by atoms with Gasteiger partial charge in [-0.3, -0.25) is 0 Å². The summed E-state index contributed by atoms with van der Waals surface area (Å²) in [5.41, 5.74) is 0.402. The van der Waals surface area contributed by atoms with Crippen molar-refractivity contribution < 1.29 is 14.8 Å². The van der Waals surface area contributed by atoms with E-state index in [1.807, 2.05) is 6.07 Å². The summed E-state index contributed by atoms with van der Waals surface area (Å²) in [6, 6.07) is 3.60. The highest BCUT2D eigenvalue weighted by Gasteiger charge is 2.19. The molecule has 0 aliphatic rings. The molecule has 13 heavy (non-hydrogen) atoms. The molecule has 0 atom stereocenters. The van der Waals surface area contributed by atoms with E-state index in [1.54, 1.807) is 6.07 Å². The van der Waals surface area contributed by atoms with Crippen molar-refractivity contribution in [2.45, 2.75) is 0 Å². The zero-order valence-corrected chi connectivity index (χ0v) is 11.1. The Bertz CT molecular complexity index is 317. The summed E-state index contributed by atoms with van der Waals surface area (Å²) in [7, 11) is 0.0224. The maximum Gasteiger partial charge on any atom is 0.492 e. The van der Waals surface area contributed by atoms with Gasteiger partial charge >= 0.3 is 7.12 Å². The summed E-state index contributed by atoms with van der Waals surface area (Å²) in [5, 5.41) is 18.1. The number of ether oxygens (including phenoxy) is 1. The number of methoxy groups -OCH3 is 1. The van der Waals surface area contributed by atoms with Crippen LogP contribution in [-0.2, 0) is 0 Å². The van der Waals surface area contributed by atoms with Gasteiger partial charge in [0.05, 0.1) is 10.7 Å². The first-order chi connectivity index (χ1) is 6.06. The topological polar surface area (TPSA) is 49.7 Å². The van der Waals surface area contributed by atoms with Crippen LogP contribution in [0.3, 0.4) is 0 Å². The van der Waals surface area contributed by atoms with E-state index in [0.29, 0.717) is 11.2 Å². The molecule has 3 nitrogen and oxygen atoms in total. The molecule has 1 rings (SSSR count). The number of hydrogen-bond donors (Lipinski definition) is 2. The van der Waals surface area contributed by atoms with Crippen LogP contribution in [0.25, 0.3) is 0 Å². The Labute approximate surface area is 104 Å². The van der Waals surface area contributed by atoms with Gasteiger partial charge in [0.1, 0.15) is 5.75 Å². The molecule has 0 spiro atoms. The monoisotopic (exact) mass is 404 g/mol. The van der Waals surface area contributed by atoms with Crippen LogP contribution in [0.4, 0.5) is 0 Å². The summed E-state index contributed by atoms with van der Waals surface area (Å²) in [4.78, 5) is 0. The van der Waals surface area contributed by atoms with E-state index >= 15 is 0 Å². The molecular formula is C7H7BI2O3. The molecule has 6 heteroatoms. The fourth-order valence-corrected chi connectivity index (χ4v) is 3.10. The molecule has 0 amide bonds. The van der Waals surface area contributed by atoms with E-state index in [-0.39, 0.29) is 0 Å². The van der Waals surface area contributed by atoms with Crippen molar-refractivity contribution in [3.05, 3.63) is 19.3 Å². The number of rotatable bonds is 2. The van der Waals surface area contributed by atoms with Gasteiger partial charge in [0, 0.05) is 9.03 Å². The van der Waals surface area contributed by atoms with Gasteiger partial charge in [0.2, 0.25) is 0 Å². The predicted molar refractivity (Wildman–Crippen MR) is 68.3 cm³/mol. The lowest BCUT2D eigenvalue weighted by Crippen LogP contribution is -2.32. The minimum atomic E-state index is -1.49. The second-order valence-electron chi connectivity index (χ2n) is 2.38. The van der Waals surface area contributed by atoms with Crippen molar-refractivity contribution >= 4 is 57.8 Å². The Hall–Kier alpha value is 0.465. The molecule has 1 aromatic carbocycles. The van der Waals surface area contributed by atoms with Gasteiger partial charge in [0.15, 0.2) is 0 Å². The summed E-state index contributed by atoms with van der Waals surface area (Å²) >= 11 is 4.21. The van der Waals surface area contributed by atoms with Crippen LogP contribution in [0.1, 0.15) is 0 Å². The Morgan fingerprint density at radius 2 is 1.92 bits per heavy atom. The number of hydrogen-bond acceptors (Lipinski definition) is 3. The standard InChI is InChI=1S/C7H7BI2O3/c1-13-7-5(8(11)12)2-4(9)3-6(7)10/h2-3,11-12H,1H3. The normalized spacial score (nSPS) is 9.92. The molecule has 0 heterocycles. The van der Waals surface area contributed by atoms with Gasteiger partial charge in [-0.1, -0.05) is 0 Å². The quantitative estimate of drug-likeness (QED) is 0.561. The number of benzene rings is 1. The highest BCUT2D eigenvalue weighted by Crippen LogP contribution is 2.20. The lowest BCUT2D eigenvalue weighted by molar-refractivity contribution is 0.401. The molecule has 0 aromatic heterocycles. The van der Waals surface area contributed by atoms with E-state index in [9.17, 15) is 0 Å². The molecule has 0 bridgehead atoms. The molecule has 0 unspecified atom stereocenters. The molecule has 0 aliphatic carbocycles. The Balaban J connectivity index is 3.29. The highest BCUT2D eigenvalue weighted by atomic mass is 127. The van der Waals surface area contributed by atoms with Crippen molar-refractivity contribution in [2.75, 3.05) is 7.11 Å². The average Bonchev–Trinajstić information content (AvgIpc) is 2.02. The maximum absolute atomic E-state index is 9.05. The van der Waals surface area contributed by atoms with Gasteiger partial charge in [-0.15, -0.1) is 0 Å². The maximum atomic E-state index is 9.05. The second kappa shape index (κ2) is 4.81. The Morgan fingerprint density at radius 1 is 1.31 bits per heavy atom. The minimum absolute atomic E-state index is 0.402. The zero-order chi connectivity index (χ0) is 10.0. The SMILES string of the molecule is COc1c(I)cc(I)cc1B(O)O. The van der Waals surface area contributed by atoms with E-state index in [4.69, 9.17) is 14.8 Å². The predicted octanol–water partition coefficient (Wildman–Crippen LogP) is 0.584. The first-order valence-electron chi connectivity index (χ1n) is 3.45. The molecule has 0 fully saturated rings. The van der Waals surface area contributed by atoms with E-state index < -0.39 is 7.12 Å². The largest absolute Gasteiger partial charge is 0.496 e. The lowest BCUT2D eigenvalue weighted by atomic mass is 9.79. The fraction of sp³-hybridized carbons (Fsp3) is 0.143. The van der Waals surface area contributed by atoms with Crippen LogP contribution >= 0.6 is 45.2 Å². The first kappa shape index (κ1) is 11.5. The third kappa shape index (κ3) is 2.70. The number of halogens is 2. The molecule has 0 saturated heterocycles. The van der Waals surface area contributed by atoms with Crippen LogP contribution < -0.4 is 10.2 Å². The summed E-state index contributed by atoms with van der Waals surface area (Å²) < 4.78 is 6.88. The van der Waals surface area contributed by atoms with Gasteiger partial charge in [-0.2, -0.15) is 0 Å². The zero-order valence-electron chi connectivity index (χ0n) is 6.79. The van der Waals surface area contributed by atoms with Crippen LogP contribution in [0.5, 0.6) is 5.75 Å². The summed E-state index contributed by atoms with van der Waals surface area (Å²) in [6.07, 6.45) is 0. The van der Waals surface area contributed by atoms with Gasteiger partial charge in [-0.05, 0) is 57.3 Å². The van der Waals surface area contributed by atoms with Crippen LogP contribution in [0.2, 0.25) is 0 Å². The highest BCUT2D eigenvalue weighted by molar-refractivity contribution is 14.1. The smallest absolute Gasteiger partial charge is 0.492 e. The Morgan fingerprint density at radius 3 is 2.38 bits per heavy atom. The third-order valence-corrected chi connectivity index (χ3v) is 2.94. The first-order valence-corrected chi connectivity index (χ1v) is 5.61. The van der Waals surface area contributed by atoms with Crippen molar-refractivity contribution in [3.63, 3.8) is 0 Å². The van der Waals surface area contributed by atoms with Gasteiger partial charge in [-0.25, -0.2) is 0 Å². The molecule has 70 valence electrons. The van der Waals surface area contributed by atoms with Crippen LogP contribution in [-0.4, -0.2) is 24.3 Å². The van der Waals surface area contributed by atoms with E-state index in [1.165, 1.54) is 7.11 Å². The van der Waals surface area contributed by atoms with Gasteiger partial charge in [0.25, 0.3) is 0 Å². The molecule has 0 aliphatic heterocycles. The van der Waals surface area contributed by atoms with Gasteiger partial charge < -0.3 is 14.8 Å². The average molecular weight is 404 g/mol. The Kier molecular flexibility index (Phi) is 4.27. The van der Waals surface area contributed by atoms with Crippen molar-refractivity contribution in [1.82, 2.24) is 0 Å². The second-order valence-corrected chi connectivity index (χ2v) is 4.79. The van der Waals surface area contributed by atoms with Crippen LogP contribution in [0.15, 0.2) is 12.1 Å².